The number of ether oxygens (including phenoxy) is 2. The van der Waals surface area contributed by atoms with Gasteiger partial charge in [-0.2, -0.15) is 0 Å². The molecule has 1 aromatic carbocycles. The molecule has 6 heteroatoms. The maximum Gasteiger partial charge on any atom is 0.204 e. The summed E-state index contributed by atoms with van der Waals surface area (Å²) in [5, 5.41) is 6.34. The van der Waals surface area contributed by atoms with Crippen molar-refractivity contribution in [3.8, 4) is 11.5 Å². The van der Waals surface area contributed by atoms with Crippen molar-refractivity contribution in [2.75, 3.05) is 31.4 Å². The molecule has 2 rings (SSSR count). The van der Waals surface area contributed by atoms with Crippen LogP contribution in [0.15, 0.2) is 30.6 Å². The minimum Gasteiger partial charge on any atom is -0.497 e. The van der Waals surface area contributed by atoms with Crippen LogP contribution in [0.3, 0.4) is 0 Å². The van der Waals surface area contributed by atoms with Crippen molar-refractivity contribution in [3.63, 3.8) is 0 Å². The van der Waals surface area contributed by atoms with Gasteiger partial charge in [-0.3, -0.25) is 0 Å². The van der Waals surface area contributed by atoms with Gasteiger partial charge in [0.2, 0.25) is 5.75 Å². The fraction of sp³-hybridized carbons (Fsp3) is 0.286. The number of hydrogen-bond acceptors (Lipinski definition) is 6. The first-order valence-electron chi connectivity index (χ1n) is 6.32. The highest BCUT2D eigenvalue weighted by atomic mass is 16.5. The molecule has 106 valence electrons. The summed E-state index contributed by atoms with van der Waals surface area (Å²) in [6.07, 6.45) is 1.49. The molecule has 1 heterocycles. The van der Waals surface area contributed by atoms with Crippen molar-refractivity contribution < 1.29 is 9.47 Å². The summed E-state index contributed by atoms with van der Waals surface area (Å²) in [5.74, 6) is 2.67. The molecule has 0 radical (unpaired) electrons. The van der Waals surface area contributed by atoms with E-state index in [1.54, 1.807) is 14.2 Å². The zero-order valence-electron chi connectivity index (χ0n) is 11.8. The number of nitrogens with zero attached hydrogens (tertiary/aromatic N) is 2. The third-order valence-electron chi connectivity index (χ3n) is 2.70. The maximum absolute atomic E-state index is 5.37. The van der Waals surface area contributed by atoms with Gasteiger partial charge in [0.1, 0.15) is 12.1 Å². The maximum atomic E-state index is 5.37. The molecule has 0 atom stereocenters. The Balaban J connectivity index is 2.25. The highest BCUT2D eigenvalue weighted by Gasteiger charge is 2.11. The molecule has 0 aliphatic rings. The number of nitrogens with one attached hydrogen (secondary N) is 2. The summed E-state index contributed by atoms with van der Waals surface area (Å²) in [7, 11) is 3.23. The highest BCUT2D eigenvalue weighted by Crippen LogP contribution is 2.31. The van der Waals surface area contributed by atoms with Gasteiger partial charge in [-0.25, -0.2) is 9.97 Å². The molecule has 1 aromatic heterocycles. The molecule has 0 fully saturated rings. The number of hydrogen-bond donors (Lipinski definition) is 2. The lowest BCUT2D eigenvalue weighted by Gasteiger charge is -2.13. The van der Waals surface area contributed by atoms with Crippen LogP contribution in [-0.4, -0.2) is 30.7 Å². The number of benzene rings is 1. The fourth-order valence-electron chi connectivity index (χ4n) is 1.76. The van der Waals surface area contributed by atoms with Crippen molar-refractivity contribution in [1.82, 2.24) is 9.97 Å². The lowest BCUT2D eigenvalue weighted by Crippen LogP contribution is -2.05. The molecule has 0 aliphatic heterocycles. The van der Waals surface area contributed by atoms with Gasteiger partial charge < -0.3 is 20.1 Å². The summed E-state index contributed by atoms with van der Waals surface area (Å²) < 4.78 is 10.5. The average Bonchev–Trinajstić information content (AvgIpc) is 2.49. The van der Waals surface area contributed by atoms with Gasteiger partial charge in [0.15, 0.2) is 11.6 Å². The molecule has 0 saturated heterocycles. The van der Waals surface area contributed by atoms with E-state index < -0.39 is 0 Å². The summed E-state index contributed by atoms with van der Waals surface area (Å²) in [6.45, 7) is 2.76. The van der Waals surface area contributed by atoms with E-state index in [1.165, 1.54) is 6.33 Å². The minimum absolute atomic E-state index is 0.588. The smallest absolute Gasteiger partial charge is 0.204 e. The summed E-state index contributed by atoms with van der Waals surface area (Å²) in [4.78, 5) is 8.37. The fourth-order valence-corrected chi connectivity index (χ4v) is 1.76. The Morgan fingerprint density at radius 1 is 1.00 bits per heavy atom. The van der Waals surface area contributed by atoms with Gasteiger partial charge in [0.05, 0.1) is 14.2 Å². The van der Waals surface area contributed by atoms with Crippen LogP contribution in [0.5, 0.6) is 11.5 Å². The SMILES string of the molecule is CCNc1ncnc(Nc2ccc(OC)cc2)c1OC. The van der Waals surface area contributed by atoms with E-state index >= 15 is 0 Å². The predicted molar refractivity (Wildman–Crippen MR) is 79.0 cm³/mol. The van der Waals surface area contributed by atoms with Crippen LogP contribution in [0, 0.1) is 0 Å². The first kappa shape index (κ1) is 13.9. The van der Waals surface area contributed by atoms with E-state index in [4.69, 9.17) is 9.47 Å². The molecule has 6 nitrogen and oxygen atoms in total. The monoisotopic (exact) mass is 274 g/mol. The van der Waals surface area contributed by atoms with E-state index in [0.29, 0.717) is 17.4 Å². The van der Waals surface area contributed by atoms with Crippen LogP contribution >= 0.6 is 0 Å². The molecule has 2 aromatic rings. The molecule has 20 heavy (non-hydrogen) atoms. The number of anilines is 3. The van der Waals surface area contributed by atoms with Crippen molar-refractivity contribution in [3.05, 3.63) is 30.6 Å². The summed E-state index contributed by atoms with van der Waals surface area (Å²) >= 11 is 0. The predicted octanol–water partition coefficient (Wildman–Crippen LogP) is 2.67. The largest absolute Gasteiger partial charge is 0.497 e. The van der Waals surface area contributed by atoms with Gasteiger partial charge in [0, 0.05) is 12.2 Å². The second kappa shape index (κ2) is 6.60. The number of rotatable bonds is 6. The van der Waals surface area contributed by atoms with Gasteiger partial charge in [-0.05, 0) is 31.2 Å². The molecule has 0 bridgehead atoms. The van der Waals surface area contributed by atoms with Crippen molar-refractivity contribution >= 4 is 17.3 Å². The molecule has 0 aliphatic carbocycles. The Labute approximate surface area is 118 Å². The molecule has 0 spiro atoms. The first-order chi connectivity index (χ1) is 9.78. The van der Waals surface area contributed by atoms with Crippen molar-refractivity contribution in [2.45, 2.75) is 6.92 Å². The van der Waals surface area contributed by atoms with Crippen LogP contribution in [0.1, 0.15) is 6.92 Å². The van der Waals surface area contributed by atoms with Gasteiger partial charge >= 0.3 is 0 Å². The Morgan fingerprint density at radius 3 is 2.30 bits per heavy atom. The molecule has 0 unspecified atom stereocenters. The highest BCUT2D eigenvalue weighted by molar-refractivity contribution is 5.69. The third kappa shape index (κ3) is 3.09. The van der Waals surface area contributed by atoms with E-state index in [1.807, 2.05) is 31.2 Å². The first-order valence-corrected chi connectivity index (χ1v) is 6.32. The molecular weight excluding hydrogens is 256 g/mol. The Morgan fingerprint density at radius 2 is 1.70 bits per heavy atom. The van der Waals surface area contributed by atoms with E-state index in [0.717, 1.165) is 18.0 Å². The average molecular weight is 274 g/mol. The lowest BCUT2D eigenvalue weighted by molar-refractivity contribution is 0.414. The zero-order valence-corrected chi connectivity index (χ0v) is 11.8. The molecule has 2 N–H and O–H groups in total. The van der Waals surface area contributed by atoms with Crippen LogP contribution in [0.2, 0.25) is 0 Å². The summed E-state index contributed by atoms with van der Waals surface area (Å²) in [6, 6.07) is 7.57. The number of aromatic nitrogens is 2. The van der Waals surface area contributed by atoms with E-state index in [9.17, 15) is 0 Å². The second-order valence-corrected chi connectivity index (χ2v) is 3.99. The third-order valence-corrected chi connectivity index (χ3v) is 2.70. The van der Waals surface area contributed by atoms with Gasteiger partial charge in [0.25, 0.3) is 0 Å². The molecule has 0 saturated carbocycles. The Kier molecular flexibility index (Phi) is 4.60. The zero-order chi connectivity index (χ0) is 14.4. The lowest BCUT2D eigenvalue weighted by atomic mass is 10.3. The Hall–Kier alpha value is -2.50. The van der Waals surface area contributed by atoms with E-state index in [2.05, 4.69) is 20.6 Å². The van der Waals surface area contributed by atoms with Crippen molar-refractivity contribution in [1.29, 1.82) is 0 Å². The van der Waals surface area contributed by atoms with Gasteiger partial charge in [-0.1, -0.05) is 0 Å². The standard InChI is InChI=1S/C14H18N4O2/c1-4-15-13-12(20-3)14(17-9-16-13)18-10-5-7-11(19-2)8-6-10/h5-9H,4H2,1-3H3,(H2,15,16,17,18). The van der Waals surface area contributed by atoms with Crippen LogP contribution in [0.25, 0.3) is 0 Å². The number of methoxy groups -OCH3 is 2. The molecular formula is C14H18N4O2. The minimum atomic E-state index is 0.588. The second-order valence-electron chi connectivity index (χ2n) is 3.99. The van der Waals surface area contributed by atoms with E-state index in [-0.39, 0.29) is 0 Å². The Bertz CT molecular complexity index is 558. The summed E-state index contributed by atoms with van der Waals surface area (Å²) in [5.41, 5.74) is 0.894. The van der Waals surface area contributed by atoms with Crippen molar-refractivity contribution in [2.24, 2.45) is 0 Å². The van der Waals surface area contributed by atoms with Crippen LogP contribution in [0.4, 0.5) is 17.3 Å². The van der Waals surface area contributed by atoms with Gasteiger partial charge in [-0.15, -0.1) is 0 Å². The molecule has 0 amide bonds. The normalized spacial score (nSPS) is 9.95. The van der Waals surface area contributed by atoms with Crippen LogP contribution < -0.4 is 20.1 Å². The quantitative estimate of drug-likeness (QED) is 0.844. The van der Waals surface area contributed by atoms with Crippen LogP contribution in [-0.2, 0) is 0 Å². The topological polar surface area (TPSA) is 68.3 Å².